The minimum atomic E-state index is 0.203. The number of carbonyl (C=O) groups excluding carboxylic acids is 1. The Morgan fingerprint density at radius 2 is 1.71 bits per heavy atom. The zero-order valence-electron chi connectivity index (χ0n) is 14.7. The van der Waals surface area contributed by atoms with E-state index in [1.807, 2.05) is 4.90 Å². The molecule has 0 aromatic heterocycles. The summed E-state index contributed by atoms with van der Waals surface area (Å²) in [5, 5.41) is 0. The maximum Gasteiger partial charge on any atom is 0.224 e. The summed E-state index contributed by atoms with van der Waals surface area (Å²) in [7, 11) is 0. The summed E-state index contributed by atoms with van der Waals surface area (Å²) in [6.45, 7) is 16.1. The maximum absolute atomic E-state index is 12.1. The molecule has 0 radical (unpaired) electrons. The summed E-state index contributed by atoms with van der Waals surface area (Å²) in [5.41, 5.74) is 0.203. The first kappa shape index (κ1) is 18.4. The molecule has 0 aliphatic carbocycles. The van der Waals surface area contributed by atoms with Gasteiger partial charge in [0.15, 0.2) is 0 Å². The second-order valence-corrected chi connectivity index (χ2v) is 7.44. The largest absolute Gasteiger partial charge is 0.381 e. The first-order valence-electron chi connectivity index (χ1n) is 8.41. The van der Waals surface area contributed by atoms with Crippen LogP contribution < -0.4 is 0 Å². The van der Waals surface area contributed by atoms with Crippen molar-refractivity contribution in [2.45, 2.75) is 59.4 Å². The average Bonchev–Trinajstić information content (AvgIpc) is 2.41. The van der Waals surface area contributed by atoms with Crippen LogP contribution in [0.2, 0.25) is 0 Å². The highest BCUT2D eigenvalue weighted by atomic mass is 16.5. The fraction of sp³-hybridized carbons (Fsp3) is 0.941. The van der Waals surface area contributed by atoms with Crippen LogP contribution in [0.4, 0.5) is 0 Å². The Balaban J connectivity index is 2.11. The van der Waals surface area contributed by atoms with Crippen molar-refractivity contribution in [3.05, 3.63) is 0 Å². The Morgan fingerprint density at radius 3 is 2.24 bits per heavy atom. The molecule has 1 rings (SSSR count). The van der Waals surface area contributed by atoms with E-state index in [2.05, 4.69) is 39.5 Å². The molecule has 1 amide bonds. The van der Waals surface area contributed by atoms with Crippen molar-refractivity contribution in [2.24, 2.45) is 5.92 Å². The Morgan fingerprint density at radius 1 is 1.10 bits per heavy atom. The molecule has 1 aliphatic heterocycles. The molecule has 0 N–H and O–H groups in total. The standard InChI is InChI=1S/C17H34N2O2/c1-15(2)7-6-13-21-14-8-16(20)18-9-11-19(12-10-18)17(3,4)5/h15H,6-14H2,1-5H3. The van der Waals surface area contributed by atoms with Crippen molar-refractivity contribution in [1.82, 2.24) is 9.80 Å². The van der Waals surface area contributed by atoms with Crippen molar-refractivity contribution in [2.75, 3.05) is 39.4 Å². The van der Waals surface area contributed by atoms with Crippen LogP contribution >= 0.6 is 0 Å². The third-order valence-electron chi connectivity index (χ3n) is 4.11. The van der Waals surface area contributed by atoms with Gasteiger partial charge in [0, 0.05) is 38.3 Å². The molecule has 0 aromatic carbocycles. The van der Waals surface area contributed by atoms with E-state index in [9.17, 15) is 4.79 Å². The molecule has 1 fully saturated rings. The smallest absolute Gasteiger partial charge is 0.224 e. The molecule has 0 atom stereocenters. The van der Waals surface area contributed by atoms with Crippen LogP contribution in [0.25, 0.3) is 0 Å². The van der Waals surface area contributed by atoms with Gasteiger partial charge >= 0.3 is 0 Å². The van der Waals surface area contributed by atoms with Gasteiger partial charge in [-0.3, -0.25) is 9.69 Å². The molecule has 4 nitrogen and oxygen atoms in total. The van der Waals surface area contributed by atoms with Crippen LogP contribution in [0, 0.1) is 5.92 Å². The summed E-state index contributed by atoms with van der Waals surface area (Å²) in [6, 6.07) is 0. The van der Waals surface area contributed by atoms with Crippen molar-refractivity contribution in [3.8, 4) is 0 Å². The van der Waals surface area contributed by atoms with E-state index >= 15 is 0 Å². The molecule has 124 valence electrons. The SMILES string of the molecule is CC(C)CCCOCCC(=O)N1CCN(C(C)(C)C)CC1. The van der Waals surface area contributed by atoms with E-state index < -0.39 is 0 Å². The molecular formula is C17H34N2O2. The molecular weight excluding hydrogens is 264 g/mol. The van der Waals surface area contributed by atoms with E-state index in [1.54, 1.807) is 0 Å². The lowest BCUT2D eigenvalue weighted by atomic mass is 10.0. The normalized spacial score (nSPS) is 17.5. The number of hydrogen-bond donors (Lipinski definition) is 0. The van der Waals surface area contributed by atoms with Crippen LogP contribution in [-0.2, 0) is 9.53 Å². The van der Waals surface area contributed by atoms with Crippen molar-refractivity contribution in [3.63, 3.8) is 0 Å². The molecule has 0 aromatic rings. The summed E-state index contributed by atoms with van der Waals surface area (Å²) in [4.78, 5) is 16.6. The molecule has 0 bridgehead atoms. The minimum Gasteiger partial charge on any atom is -0.381 e. The highest BCUT2D eigenvalue weighted by Gasteiger charge is 2.27. The van der Waals surface area contributed by atoms with Gasteiger partial charge < -0.3 is 9.64 Å². The lowest BCUT2D eigenvalue weighted by Crippen LogP contribution is -2.54. The van der Waals surface area contributed by atoms with Crippen LogP contribution in [0.3, 0.4) is 0 Å². The highest BCUT2D eigenvalue weighted by Crippen LogP contribution is 2.16. The fourth-order valence-electron chi connectivity index (χ4n) is 2.64. The number of ether oxygens (including phenoxy) is 1. The molecule has 21 heavy (non-hydrogen) atoms. The number of piperazine rings is 1. The predicted octanol–water partition coefficient (Wildman–Crippen LogP) is 2.77. The molecule has 0 unspecified atom stereocenters. The van der Waals surface area contributed by atoms with Gasteiger partial charge in [0.1, 0.15) is 0 Å². The first-order valence-corrected chi connectivity index (χ1v) is 8.41. The molecule has 1 saturated heterocycles. The molecule has 4 heteroatoms. The summed E-state index contributed by atoms with van der Waals surface area (Å²) in [6.07, 6.45) is 2.82. The van der Waals surface area contributed by atoms with Crippen LogP contribution in [-0.4, -0.2) is 60.6 Å². The Hall–Kier alpha value is -0.610. The number of carbonyl (C=O) groups is 1. The van der Waals surface area contributed by atoms with Gasteiger partial charge in [0.05, 0.1) is 13.0 Å². The summed E-state index contributed by atoms with van der Waals surface area (Å²) < 4.78 is 5.56. The Labute approximate surface area is 130 Å². The quantitative estimate of drug-likeness (QED) is 0.678. The van der Waals surface area contributed by atoms with E-state index in [0.29, 0.717) is 13.0 Å². The minimum absolute atomic E-state index is 0.203. The number of hydrogen-bond acceptors (Lipinski definition) is 3. The third kappa shape index (κ3) is 7.28. The molecule has 0 spiro atoms. The van der Waals surface area contributed by atoms with Gasteiger partial charge in [-0.05, 0) is 39.5 Å². The van der Waals surface area contributed by atoms with Gasteiger partial charge in [-0.15, -0.1) is 0 Å². The topological polar surface area (TPSA) is 32.8 Å². The summed E-state index contributed by atoms with van der Waals surface area (Å²) in [5.74, 6) is 0.974. The van der Waals surface area contributed by atoms with E-state index in [0.717, 1.165) is 45.1 Å². The predicted molar refractivity (Wildman–Crippen MR) is 87.4 cm³/mol. The van der Waals surface area contributed by atoms with E-state index in [4.69, 9.17) is 4.74 Å². The summed E-state index contributed by atoms with van der Waals surface area (Å²) >= 11 is 0. The van der Waals surface area contributed by atoms with Crippen LogP contribution in [0.15, 0.2) is 0 Å². The molecule has 1 heterocycles. The van der Waals surface area contributed by atoms with E-state index in [-0.39, 0.29) is 11.4 Å². The van der Waals surface area contributed by atoms with Gasteiger partial charge in [-0.1, -0.05) is 13.8 Å². The second-order valence-electron chi connectivity index (χ2n) is 7.44. The monoisotopic (exact) mass is 298 g/mol. The Bertz CT molecular complexity index is 302. The highest BCUT2D eigenvalue weighted by molar-refractivity contribution is 5.76. The zero-order valence-corrected chi connectivity index (χ0v) is 14.7. The third-order valence-corrected chi connectivity index (χ3v) is 4.11. The Kier molecular flexibility index (Phi) is 7.67. The van der Waals surface area contributed by atoms with Crippen molar-refractivity contribution >= 4 is 5.91 Å². The van der Waals surface area contributed by atoms with Crippen molar-refractivity contribution < 1.29 is 9.53 Å². The number of nitrogens with zero attached hydrogens (tertiary/aromatic N) is 2. The van der Waals surface area contributed by atoms with Gasteiger partial charge in [0.25, 0.3) is 0 Å². The van der Waals surface area contributed by atoms with Crippen LogP contribution in [0.5, 0.6) is 0 Å². The average molecular weight is 298 g/mol. The van der Waals surface area contributed by atoms with Gasteiger partial charge in [-0.25, -0.2) is 0 Å². The van der Waals surface area contributed by atoms with Crippen molar-refractivity contribution in [1.29, 1.82) is 0 Å². The van der Waals surface area contributed by atoms with E-state index in [1.165, 1.54) is 6.42 Å². The lowest BCUT2D eigenvalue weighted by molar-refractivity contribution is -0.134. The number of rotatable bonds is 7. The van der Waals surface area contributed by atoms with Crippen LogP contribution in [0.1, 0.15) is 53.9 Å². The van der Waals surface area contributed by atoms with Gasteiger partial charge in [-0.2, -0.15) is 0 Å². The maximum atomic E-state index is 12.1. The molecule has 1 aliphatic rings. The zero-order chi connectivity index (χ0) is 15.9. The number of amides is 1. The fourth-order valence-corrected chi connectivity index (χ4v) is 2.64. The van der Waals surface area contributed by atoms with Gasteiger partial charge in [0.2, 0.25) is 5.91 Å². The lowest BCUT2D eigenvalue weighted by Gasteiger charge is -2.42. The second kappa shape index (κ2) is 8.74. The first-order chi connectivity index (χ1) is 9.80. The molecule has 0 saturated carbocycles.